The summed E-state index contributed by atoms with van der Waals surface area (Å²) < 4.78 is 43.0. The van der Waals surface area contributed by atoms with E-state index in [4.69, 9.17) is 23.7 Å². The highest BCUT2D eigenvalue weighted by Crippen LogP contribution is 2.29. The molecular formula is C38H49FO6. The normalized spacial score (nSPS) is 14.4. The van der Waals surface area contributed by atoms with Gasteiger partial charge in [0.25, 0.3) is 0 Å². The standard InChI is InChI=1S/C38H49FO6/c1-4-5-6-9-12-29(2)44-36-22-17-32(25-35(36)39)30-13-20-34(21-14-30)45-37(40)31-15-18-33(19-16-31)43-24-11-8-7-10-23-41-26-38(3)27-42-28-38/h13-22,25,29H,4-12,23-24,26-28H2,1-3H3. The van der Waals surface area contributed by atoms with Crippen LogP contribution in [0.2, 0.25) is 0 Å². The molecule has 1 saturated heterocycles. The maximum Gasteiger partial charge on any atom is 0.343 e. The van der Waals surface area contributed by atoms with E-state index in [1.54, 1.807) is 42.5 Å². The Morgan fingerprint density at radius 3 is 2.18 bits per heavy atom. The molecule has 0 aliphatic carbocycles. The highest BCUT2D eigenvalue weighted by molar-refractivity contribution is 5.91. The summed E-state index contributed by atoms with van der Waals surface area (Å²) in [6, 6.07) is 19.0. The Morgan fingerprint density at radius 2 is 1.51 bits per heavy atom. The highest BCUT2D eigenvalue weighted by Gasteiger charge is 2.33. The van der Waals surface area contributed by atoms with Gasteiger partial charge in [-0.3, -0.25) is 0 Å². The van der Waals surface area contributed by atoms with Crippen LogP contribution in [-0.2, 0) is 9.47 Å². The number of unbranched alkanes of at least 4 members (excludes halogenated alkanes) is 6. The molecule has 1 aliphatic heterocycles. The minimum atomic E-state index is -0.452. The van der Waals surface area contributed by atoms with Crippen LogP contribution < -0.4 is 14.2 Å². The van der Waals surface area contributed by atoms with Crippen LogP contribution in [0.3, 0.4) is 0 Å². The van der Waals surface area contributed by atoms with Crippen molar-refractivity contribution >= 4 is 5.97 Å². The molecule has 1 aliphatic rings. The lowest BCUT2D eigenvalue weighted by atomic mass is 9.90. The minimum absolute atomic E-state index is 0.0345. The van der Waals surface area contributed by atoms with Crippen LogP contribution in [0, 0.1) is 11.2 Å². The first-order valence-corrected chi connectivity index (χ1v) is 16.5. The van der Waals surface area contributed by atoms with Crippen molar-refractivity contribution in [2.45, 2.75) is 84.7 Å². The minimum Gasteiger partial charge on any atom is -0.494 e. The van der Waals surface area contributed by atoms with Gasteiger partial charge in [0.15, 0.2) is 11.6 Å². The zero-order valence-electron chi connectivity index (χ0n) is 27.2. The molecule has 0 spiro atoms. The quantitative estimate of drug-likeness (QED) is 0.0712. The predicted molar refractivity (Wildman–Crippen MR) is 176 cm³/mol. The first-order chi connectivity index (χ1) is 21.8. The molecule has 0 bridgehead atoms. The molecule has 3 aromatic carbocycles. The summed E-state index contributed by atoms with van der Waals surface area (Å²) in [4.78, 5) is 12.7. The number of halogens is 1. The van der Waals surface area contributed by atoms with Crippen molar-refractivity contribution in [1.82, 2.24) is 0 Å². The molecule has 0 saturated carbocycles. The number of benzene rings is 3. The van der Waals surface area contributed by atoms with E-state index in [2.05, 4.69) is 13.8 Å². The molecule has 4 rings (SSSR count). The van der Waals surface area contributed by atoms with Gasteiger partial charge in [0.2, 0.25) is 0 Å². The number of carbonyl (C=O) groups excluding carboxylic acids is 1. The molecule has 1 fully saturated rings. The van der Waals surface area contributed by atoms with Gasteiger partial charge < -0.3 is 23.7 Å². The van der Waals surface area contributed by atoms with E-state index >= 15 is 0 Å². The molecule has 0 amide bonds. The van der Waals surface area contributed by atoms with Crippen molar-refractivity contribution in [3.8, 4) is 28.4 Å². The number of carbonyl (C=O) groups is 1. The Hall–Kier alpha value is -3.42. The molecule has 0 N–H and O–H groups in total. The molecule has 0 radical (unpaired) electrons. The van der Waals surface area contributed by atoms with Crippen LogP contribution in [0.5, 0.6) is 17.2 Å². The van der Waals surface area contributed by atoms with E-state index in [9.17, 15) is 9.18 Å². The number of hydrogen-bond acceptors (Lipinski definition) is 6. The number of esters is 1. The largest absolute Gasteiger partial charge is 0.494 e. The summed E-state index contributed by atoms with van der Waals surface area (Å²) in [6.07, 6.45) is 9.75. The van der Waals surface area contributed by atoms with Crippen LogP contribution in [0.15, 0.2) is 66.7 Å². The lowest BCUT2D eigenvalue weighted by molar-refractivity contribution is -0.137. The SMILES string of the molecule is CCCCCCC(C)Oc1ccc(-c2ccc(OC(=O)c3ccc(OCCCCCCOCC4(C)COC4)cc3)cc2)cc1F. The van der Waals surface area contributed by atoms with E-state index < -0.39 is 5.97 Å². The Morgan fingerprint density at radius 1 is 0.844 bits per heavy atom. The second-order valence-corrected chi connectivity index (χ2v) is 12.5. The average molecular weight is 621 g/mol. The molecule has 3 aromatic rings. The first kappa shape index (κ1) is 34.5. The third kappa shape index (κ3) is 11.5. The van der Waals surface area contributed by atoms with Gasteiger partial charge in [-0.15, -0.1) is 0 Å². The van der Waals surface area contributed by atoms with Gasteiger partial charge >= 0.3 is 5.97 Å². The Balaban J connectivity index is 1.14. The summed E-state index contributed by atoms with van der Waals surface area (Å²) in [7, 11) is 0. The van der Waals surface area contributed by atoms with E-state index in [0.717, 1.165) is 81.8 Å². The van der Waals surface area contributed by atoms with Gasteiger partial charge in [-0.25, -0.2) is 9.18 Å². The number of ether oxygens (including phenoxy) is 5. The van der Waals surface area contributed by atoms with E-state index in [1.807, 2.05) is 25.1 Å². The highest BCUT2D eigenvalue weighted by atomic mass is 19.1. The Labute approximate surface area is 268 Å². The summed E-state index contributed by atoms with van der Waals surface area (Å²) in [5.41, 5.74) is 2.19. The van der Waals surface area contributed by atoms with Crippen molar-refractivity contribution in [2.24, 2.45) is 5.41 Å². The number of rotatable bonds is 20. The predicted octanol–water partition coefficient (Wildman–Crippen LogP) is 9.44. The second-order valence-electron chi connectivity index (χ2n) is 12.5. The zero-order valence-corrected chi connectivity index (χ0v) is 27.2. The molecule has 0 aromatic heterocycles. The maximum absolute atomic E-state index is 14.8. The van der Waals surface area contributed by atoms with Crippen molar-refractivity contribution in [2.75, 3.05) is 33.0 Å². The monoisotopic (exact) mass is 620 g/mol. The van der Waals surface area contributed by atoms with Crippen LogP contribution in [0.1, 0.15) is 88.9 Å². The van der Waals surface area contributed by atoms with E-state index in [0.29, 0.717) is 17.9 Å². The summed E-state index contributed by atoms with van der Waals surface area (Å²) in [6.45, 7) is 10.2. The third-order valence-electron chi connectivity index (χ3n) is 8.02. The van der Waals surface area contributed by atoms with Gasteiger partial charge in [-0.1, -0.05) is 57.7 Å². The van der Waals surface area contributed by atoms with E-state index in [-0.39, 0.29) is 23.1 Å². The van der Waals surface area contributed by atoms with Crippen LogP contribution >= 0.6 is 0 Å². The number of hydrogen-bond donors (Lipinski definition) is 0. The summed E-state index contributed by atoms with van der Waals surface area (Å²) in [5.74, 6) is 0.567. The lowest BCUT2D eigenvalue weighted by Gasteiger charge is -2.37. The molecule has 45 heavy (non-hydrogen) atoms. The second kappa shape index (κ2) is 17.9. The Bertz CT molecular complexity index is 1300. The fraction of sp³-hybridized carbons (Fsp3) is 0.500. The first-order valence-electron chi connectivity index (χ1n) is 16.5. The Kier molecular flexibility index (Phi) is 13.7. The smallest absolute Gasteiger partial charge is 0.343 e. The van der Waals surface area contributed by atoms with Crippen LogP contribution in [0.25, 0.3) is 11.1 Å². The maximum atomic E-state index is 14.8. The lowest BCUT2D eigenvalue weighted by Crippen LogP contribution is -2.43. The molecule has 1 heterocycles. The molecule has 244 valence electrons. The van der Waals surface area contributed by atoms with Crippen LogP contribution in [0.4, 0.5) is 4.39 Å². The van der Waals surface area contributed by atoms with Gasteiger partial charge in [-0.2, -0.15) is 0 Å². The molecule has 1 unspecified atom stereocenters. The average Bonchev–Trinajstić information content (AvgIpc) is 3.03. The van der Waals surface area contributed by atoms with Crippen molar-refractivity contribution in [3.63, 3.8) is 0 Å². The van der Waals surface area contributed by atoms with E-state index in [1.165, 1.54) is 25.3 Å². The van der Waals surface area contributed by atoms with Crippen LogP contribution in [-0.4, -0.2) is 45.1 Å². The molecule has 6 nitrogen and oxygen atoms in total. The summed E-state index contributed by atoms with van der Waals surface area (Å²) >= 11 is 0. The molecule has 1 atom stereocenters. The van der Waals surface area contributed by atoms with Gasteiger partial charge in [-0.05, 0) is 98.7 Å². The topological polar surface area (TPSA) is 63.2 Å². The summed E-state index contributed by atoms with van der Waals surface area (Å²) in [5, 5.41) is 0. The van der Waals surface area contributed by atoms with Crippen molar-refractivity contribution in [1.29, 1.82) is 0 Å². The molecule has 7 heteroatoms. The van der Waals surface area contributed by atoms with Gasteiger partial charge in [0.05, 0.1) is 38.1 Å². The van der Waals surface area contributed by atoms with Gasteiger partial charge in [0.1, 0.15) is 11.5 Å². The molecular weight excluding hydrogens is 571 g/mol. The van der Waals surface area contributed by atoms with Gasteiger partial charge in [0, 0.05) is 12.0 Å². The fourth-order valence-electron chi connectivity index (χ4n) is 5.18. The van der Waals surface area contributed by atoms with Crippen molar-refractivity contribution in [3.05, 3.63) is 78.1 Å². The third-order valence-corrected chi connectivity index (χ3v) is 8.02. The zero-order chi connectivity index (χ0) is 31.9. The van der Waals surface area contributed by atoms with Crippen molar-refractivity contribution < 1.29 is 32.9 Å². The fourth-order valence-corrected chi connectivity index (χ4v) is 5.18.